The maximum atomic E-state index is 14.9. The molecular weight excluding hydrogens is 431 g/mol. The highest BCUT2D eigenvalue weighted by atomic mass is 32.1. The third-order valence-corrected chi connectivity index (χ3v) is 7.18. The van der Waals surface area contributed by atoms with Crippen molar-refractivity contribution in [3.8, 4) is 11.6 Å². The minimum atomic E-state index is -0.350. The summed E-state index contributed by atoms with van der Waals surface area (Å²) in [5, 5.41) is 3.65. The number of methoxy groups -OCH3 is 1. The Balaban J connectivity index is 1.32. The van der Waals surface area contributed by atoms with Crippen molar-refractivity contribution in [3.63, 3.8) is 0 Å². The zero-order valence-corrected chi connectivity index (χ0v) is 18.6. The van der Waals surface area contributed by atoms with Crippen LogP contribution in [0.3, 0.4) is 0 Å². The van der Waals surface area contributed by atoms with Gasteiger partial charge in [-0.25, -0.2) is 9.37 Å². The summed E-state index contributed by atoms with van der Waals surface area (Å²) >= 11 is 1.21. The van der Waals surface area contributed by atoms with E-state index in [4.69, 9.17) is 15.2 Å². The van der Waals surface area contributed by atoms with E-state index >= 15 is 0 Å². The number of hydrogen-bond donors (Lipinski definition) is 2. The van der Waals surface area contributed by atoms with E-state index in [-0.39, 0.29) is 24.4 Å². The van der Waals surface area contributed by atoms with E-state index in [2.05, 4.69) is 15.2 Å². The number of aromatic nitrogens is 1. The highest BCUT2D eigenvalue weighted by Gasteiger charge is 2.28. The van der Waals surface area contributed by atoms with Gasteiger partial charge in [0.2, 0.25) is 5.88 Å². The number of halogens is 1. The van der Waals surface area contributed by atoms with Crippen molar-refractivity contribution in [2.24, 2.45) is 0 Å². The first-order valence-electron chi connectivity index (χ1n) is 10.8. The molecule has 1 amide bonds. The predicted molar refractivity (Wildman–Crippen MR) is 124 cm³/mol. The summed E-state index contributed by atoms with van der Waals surface area (Å²) in [5.41, 5.74) is 7.94. The molecule has 4 heterocycles. The standard InChI is InChI=1S/C23H25FN4O3S/c1-30-19-6-5-15-20(25)21(32-23(15)27-19)22(29)26-13-9-16-17(24)10-14(11-18(16)31-12-13)28-7-3-2-4-8-28/h5-6,10-11,13H,2-4,7-9,12,25H2,1H3,(H,26,29)/t13-/m1/s1. The SMILES string of the molecule is COc1ccc2c(N)c(C(=O)N[C@H]3COc4cc(N5CCCCC5)cc(F)c4C3)sc2n1. The second kappa shape index (κ2) is 8.46. The fraction of sp³-hybridized carbons (Fsp3) is 0.391. The smallest absolute Gasteiger partial charge is 0.263 e. The Labute approximate surface area is 189 Å². The van der Waals surface area contributed by atoms with Gasteiger partial charge in [-0.1, -0.05) is 0 Å². The molecule has 0 spiro atoms. The quantitative estimate of drug-likeness (QED) is 0.622. The Hall–Kier alpha value is -3.07. The van der Waals surface area contributed by atoms with Gasteiger partial charge in [-0.05, 0) is 31.4 Å². The molecule has 5 rings (SSSR count). The number of nitrogens with zero attached hydrogens (tertiary/aromatic N) is 2. The van der Waals surface area contributed by atoms with Crippen LogP contribution in [0.2, 0.25) is 0 Å². The van der Waals surface area contributed by atoms with Crippen LogP contribution in [-0.4, -0.2) is 43.7 Å². The number of carbonyl (C=O) groups is 1. The predicted octanol–water partition coefficient (Wildman–Crippen LogP) is 3.75. The van der Waals surface area contributed by atoms with Crippen LogP contribution in [0.5, 0.6) is 11.6 Å². The van der Waals surface area contributed by atoms with Crippen LogP contribution in [0.25, 0.3) is 10.2 Å². The minimum Gasteiger partial charge on any atom is -0.491 e. The minimum absolute atomic E-state index is 0.276. The highest BCUT2D eigenvalue weighted by molar-refractivity contribution is 7.21. The first kappa shape index (κ1) is 20.8. The fourth-order valence-electron chi connectivity index (χ4n) is 4.36. The van der Waals surface area contributed by atoms with Crippen LogP contribution in [0, 0.1) is 5.82 Å². The number of piperidine rings is 1. The van der Waals surface area contributed by atoms with Crippen molar-refractivity contribution in [1.82, 2.24) is 10.3 Å². The summed E-state index contributed by atoms with van der Waals surface area (Å²) in [6.07, 6.45) is 3.83. The molecule has 2 aromatic heterocycles. The maximum absolute atomic E-state index is 14.9. The molecule has 168 valence electrons. The molecule has 9 heteroatoms. The van der Waals surface area contributed by atoms with Gasteiger partial charge >= 0.3 is 0 Å². The summed E-state index contributed by atoms with van der Waals surface area (Å²) < 4.78 is 25.9. The molecule has 3 aromatic rings. The Morgan fingerprint density at radius 1 is 1.31 bits per heavy atom. The van der Waals surface area contributed by atoms with E-state index in [9.17, 15) is 9.18 Å². The largest absolute Gasteiger partial charge is 0.491 e. The number of pyridine rings is 1. The molecule has 0 unspecified atom stereocenters. The number of carbonyl (C=O) groups excluding carboxylic acids is 1. The van der Waals surface area contributed by atoms with Crippen LogP contribution in [-0.2, 0) is 6.42 Å². The third kappa shape index (κ3) is 3.81. The first-order valence-corrected chi connectivity index (χ1v) is 11.6. The van der Waals surface area contributed by atoms with Crippen LogP contribution in [0.1, 0.15) is 34.5 Å². The first-order chi connectivity index (χ1) is 15.5. The number of ether oxygens (including phenoxy) is 2. The van der Waals surface area contributed by atoms with Crippen molar-refractivity contribution in [3.05, 3.63) is 40.5 Å². The number of nitrogens with one attached hydrogen (secondary N) is 1. The van der Waals surface area contributed by atoms with Gasteiger partial charge in [0.05, 0.1) is 18.8 Å². The molecule has 32 heavy (non-hydrogen) atoms. The summed E-state index contributed by atoms with van der Waals surface area (Å²) in [4.78, 5) is 20.5. The normalized spacial score (nSPS) is 18.2. The molecule has 2 aliphatic heterocycles. The Bertz CT molecular complexity index is 1180. The Morgan fingerprint density at radius 3 is 2.91 bits per heavy atom. The van der Waals surface area contributed by atoms with E-state index in [1.807, 2.05) is 6.07 Å². The van der Waals surface area contributed by atoms with Crippen LogP contribution in [0.15, 0.2) is 24.3 Å². The van der Waals surface area contributed by atoms with Gasteiger partial charge in [-0.2, -0.15) is 0 Å². The van der Waals surface area contributed by atoms with Crippen LogP contribution in [0.4, 0.5) is 15.8 Å². The van der Waals surface area contributed by atoms with Gasteiger partial charge in [0.25, 0.3) is 5.91 Å². The lowest BCUT2D eigenvalue weighted by atomic mass is 10.0. The lowest BCUT2D eigenvalue weighted by molar-refractivity contribution is 0.0919. The number of thiophene rings is 1. The van der Waals surface area contributed by atoms with E-state index in [1.54, 1.807) is 18.2 Å². The number of benzene rings is 1. The molecular formula is C23H25FN4O3S. The fourth-order valence-corrected chi connectivity index (χ4v) is 5.35. The summed E-state index contributed by atoms with van der Waals surface area (Å²) in [6.45, 7) is 2.15. The Kier molecular flexibility index (Phi) is 5.50. The second-order valence-corrected chi connectivity index (χ2v) is 9.19. The summed E-state index contributed by atoms with van der Waals surface area (Å²) in [5.74, 6) is 0.419. The molecule has 0 bridgehead atoms. The molecule has 1 saturated heterocycles. The lowest BCUT2D eigenvalue weighted by Gasteiger charge is -2.31. The van der Waals surface area contributed by atoms with Crippen LogP contribution >= 0.6 is 11.3 Å². The van der Waals surface area contributed by atoms with E-state index in [0.29, 0.717) is 44.4 Å². The number of amides is 1. The molecule has 0 aliphatic carbocycles. The van der Waals surface area contributed by atoms with Crippen LogP contribution < -0.4 is 25.4 Å². The van der Waals surface area contributed by atoms with Crippen molar-refractivity contribution < 1.29 is 18.7 Å². The van der Waals surface area contributed by atoms with Gasteiger partial charge in [-0.3, -0.25) is 4.79 Å². The topological polar surface area (TPSA) is 89.7 Å². The molecule has 3 N–H and O–H groups in total. The number of anilines is 2. The molecule has 2 aliphatic rings. The van der Waals surface area contributed by atoms with Gasteiger partial charge in [0.1, 0.15) is 27.9 Å². The second-order valence-electron chi connectivity index (χ2n) is 8.19. The molecule has 1 aromatic carbocycles. The third-order valence-electron chi connectivity index (χ3n) is 6.07. The monoisotopic (exact) mass is 456 g/mol. The van der Waals surface area contributed by atoms with Gasteiger partial charge < -0.3 is 25.4 Å². The number of fused-ring (bicyclic) bond motifs is 2. The maximum Gasteiger partial charge on any atom is 0.263 e. The van der Waals surface area contributed by atoms with Gasteiger partial charge in [0, 0.05) is 48.3 Å². The number of nitrogens with two attached hydrogens (primary N) is 1. The van der Waals surface area contributed by atoms with Gasteiger partial charge in [0.15, 0.2) is 0 Å². The molecule has 1 atom stereocenters. The van der Waals surface area contributed by atoms with Crippen molar-refractivity contribution >= 4 is 38.8 Å². The van der Waals surface area contributed by atoms with E-state index < -0.39 is 0 Å². The van der Waals surface area contributed by atoms with Crippen molar-refractivity contribution in [2.45, 2.75) is 31.7 Å². The number of nitrogen functional groups attached to an aromatic ring is 1. The summed E-state index contributed by atoms with van der Waals surface area (Å²) in [7, 11) is 1.54. The lowest BCUT2D eigenvalue weighted by Crippen LogP contribution is -2.43. The van der Waals surface area contributed by atoms with E-state index in [0.717, 1.165) is 31.6 Å². The van der Waals surface area contributed by atoms with E-state index in [1.165, 1.54) is 24.9 Å². The number of hydrogen-bond acceptors (Lipinski definition) is 7. The molecule has 0 radical (unpaired) electrons. The van der Waals surface area contributed by atoms with Crippen molar-refractivity contribution in [2.75, 3.05) is 37.4 Å². The zero-order chi connectivity index (χ0) is 22.2. The number of rotatable bonds is 4. The molecule has 1 fully saturated rings. The summed E-state index contributed by atoms with van der Waals surface area (Å²) in [6, 6.07) is 6.65. The Morgan fingerprint density at radius 2 is 2.12 bits per heavy atom. The average Bonchev–Trinajstić information content (AvgIpc) is 3.15. The molecule has 7 nitrogen and oxygen atoms in total. The van der Waals surface area contributed by atoms with Gasteiger partial charge in [-0.15, -0.1) is 11.3 Å². The average molecular weight is 457 g/mol. The van der Waals surface area contributed by atoms with Crippen molar-refractivity contribution in [1.29, 1.82) is 0 Å². The molecule has 0 saturated carbocycles. The zero-order valence-electron chi connectivity index (χ0n) is 17.8. The highest BCUT2D eigenvalue weighted by Crippen LogP contribution is 2.35.